The lowest BCUT2D eigenvalue weighted by Crippen LogP contribution is -2.13. The highest BCUT2D eigenvalue weighted by atomic mass is 35.5. The molecule has 0 aliphatic rings. The van der Waals surface area contributed by atoms with Crippen molar-refractivity contribution in [2.75, 3.05) is 11.9 Å². The fourth-order valence-corrected chi connectivity index (χ4v) is 2.43. The molecule has 8 heteroatoms. The maximum atomic E-state index is 12.3. The monoisotopic (exact) mass is 362 g/mol. The van der Waals surface area contributed by atoms with Gasteiger partial charge in [-0.3, -0.25) is 14.9 Å². The zero-order valence-electron chi connectivity index (χ0n) is 13.5. The minimum atomic E-state index is -0.545. The second-order valence-electron chi connectivity index (χ2n) is 5.13. The van der Waals surface area contributed by atoms with Crippen LogP contribution in [0, 0.1) is 17.0 Å². The predicted octanol–water partition coefficient (Wildman–Crippen LogP) is 3.99. The molecule has 0 aliphatic heterocycles. The minimum Gasteiger partial charge on any atom is -0.462 e. The number of carbonyl (C=O) groups excluding carboxylic acids is 2. The first-order chi connectivity index (χ1) is 11.8. The minimum absolute atomic E-state index is 0.0571. The number of amides is 1. The summed E-state index contributed by atoms with van der Waals surface area (Å²) in [6, 6.07) is 8.49. The van der Waals surface area contributed by atoms with Gasteiger partial charge in [-0.1, -0.05) is 11.6 Å². The Morgan fingerprint density at radius 2 is 1.96 bits per heavy atom. The van der Waals surface area contributed by atoms with Gasteiger partial charge in [0.05, 0.1) is 22.1 Å². The number of rotatable bonds is 5. The molecule has 0 aliphatic carbocycles. The van der Waals surface area contributed by atoms with E-state index in [1.165, 1.54) is 36.4 Å². The van der Waals surface area contributed by atoms with E-state index < -0.39 is 16.8 Å². The molecule has 0 spiro atoms. The highest BCUT2D eigenvalue weighted by molar-refractivity contribution is 6.34. The van der Waals surface area contributed by atoms with Crippen LogP contribution >= 0.6 is 11.6 Å². The quantitative estimate of drug-likeness (QED) is 0.492. The average molecular weight is 363 g/mol. The number of carbonyl (C=O) groups is 2. The van der Waals surface area contributed by atoms with Gasteiger partial charge in [-0.25, -0.2) is 4.79 Å². The number of esters is 1. The van der Waals surface area contributed by atoms with Crippen molar-refractivity contribution in [3.63, 3.8) is 0 Å². The Kier molecular flexibility index (Phi) is 5.71. The molecule has 0 bridgehead atoms. The smallest absolute Gasteiger partial charge is 0.339 e. The van der Waals surface area contributed by atoms with E-state index in [9.17, 15) is 19.7 Å². The van der Waals surface area contributed by atoms with Crippen molar-refractivity contribution in [1.82, 2.24) is 0 Å². The number of halogens is 1. The van der Waals surface area contributed by atoms with E-state index in [-0.39, 0.29) is 28.4 Å². The van der Waals surface area contributed by atoms with Crippen LogP contribution in [0.15, 0.2) is 36.4 Å². The zero-order chi connectivity index (χ0) is 18.6. The first kappa shape index (κ1) is 18.4. The Morgan fingerprint density at radius 1 is 1.24 bits per heavy atom. The summed E-state index contributed by atoms with van der Waals surface area (Å²) in [5, 5.41) is 13.6. The normalized spacial score (nSPS) is 10.2. The molecule has 130 valence electrons. The van der Waals surface area contributed by atoms with Gasteiger partial charge < -0.3 is 10.1 Å². The van der Waals surface area contributed by atoms with E-state index in [1.54, 1.807) is 13.8 Å². The highest BCUT2D eigenvalue weighted by Crippen LogP contribution is 2.23. The molecule has 0 saturated carbocycles. The highest BCUT2D eigenvalue weighted by Gasteiger charge is 2.15. The van der Waals surface area contributed by atoms with Crippen molar-refractivity contribution in [2.24, 2.45) is 0 Å². The largest absolute Gasteiger partial charge is 0.462 e. The van der Waals surface area contributed by atoms with Gasteiger partial charge >= 0.3 is 5.97 Å². The Balaban J connectivity index is 2.18. The number of hydrogen-bond donors (Lipinski definition) is 1. The molecule has 0 radical (unpaired) electrons. The van der Waals surface area contributed by atoms with Crippen molar-refractivity contribution < 1.29 is 19.2 Å². The molecule has 0 fully saturated rings. The number of ether oxygens (including phenoxy) is 1. The van der Waals surface area contributed by atoms with E-state index in [0.29, 0.717) is 11.3 Å². The van der Waals surface area contributed by atoms with Crippen LogP contribution in [0.2, 0.25) is 5.02 Å². The lowest BCUT2D eigenvalue weighted by molar-refractivity contribution is -0.385. The van der Waals surface area contributed by atoms with Gasteiger partial charge in [0.15, 0.2) is 0 Å². The van der Waals surface area contributed by atoms with Crippen LogP contribution in [0.3, 0.4) is 0 Å². The van der Waals surface area contributed by atoms with Crippen LogP contribution in [0.25, 0.3) is 0 Å². The molecular weight excluding hydrogens is 348 g/mol. The van der Waals surface area contributed by atoms with Crippen molar-refractivity contribution in [3.05, 3.63) is 68.2 Å². The number of aryl methyl sites for hydroxylation is 1. The van der Waals surface area contributed by atoms with Crippen LogP contribution in [0.1, 0.15) is 33.2 Å². The summed E-state index contributed by atoms with van der Waals surface area (Å²) in [5.74, 6) is -0.991. The summed E-state index contributed by atoms with van der Waals surface area (Å²) in [7, 11) is 0. The number of nitro groups is 1. The van der Waals surface area contributed by atoms with Gasteiger partial charge in [-0.2, -0.15) is 0 Å². The Bertz CT molecular complexity index is 851. The van der Waals surface area contributed by atoms with Gasteiger partial charge in [0.2, 0.25) is 0 Å². The molecule has 2 aromatic rings. The van der Waals surface area contributed by atoms with Crippen molar-refractivity contribution in [2.45, 2.75) is 13.8 Å². The third-order valence-corrected chi connectivity index (χ3v) is 3.69. The van der Waals surface area contributed by atoms with E-state index in [2.05, 4.69) is 5.32 Å². The molecule has 2 rings (SSSR count). The first-order valence-electron chi connectivity index (χ1n) is 7.36. The Hall–Kier alpha value is -2.93. The molecule has 0 heterocycles. The number of benzene rings is 2. The van der Waals surface area contributed by atoms with E-state index in [4.69, 9.17) is 16.3 Å². The van der Waals surface area contributed by atoms with Crippen LogP contribution in [0.5, 0.6) is 0 Å². The number of anilines is 1. The van der Waals surface area contributed by atoms with Crippen LogP contribution in [0.4, 0.5) is 11.4 Å². The third-order valence-electron chi connectivity index (χ3n) is 3.38. The fraction of sp³-hybridized carbons (Fsp3) is 0.176. The van der Waals surface area contributed by atoms with Gasteiger partial charge in [0.25, 0.3) is 11.6 Å². The lowest BCUT2D eigenvalue weighted by atomic mass is 10.1. The molecule has 0 unspecified atom stereocenters. The van der Waals surface area contributed by atoms with E-state index >= 15 is 0 Å². The fourth-order valence-electron chi connectivity index (χ4n) is 2.17. The van der Waals surface area contributed by atoms with E-state index in [1.807, 2.05) is 0 Å². The number of nitrogens with zero attached hydrogens (tertiary/aromatic N) is 1. The van der Waals surface area contributed by atoms with Crippen molar-refractivity contribution >= 4 is 34.9 Å². The summed E-state index contributed by atoms with van der Waals surface area (Å²) < 4.78 is 4.88. The second-order valence-corrected chi connectivity index (χ2v) is 5.53. The third kappa shape index (κ3) is 4.33. The van der Waals surface area contributed by atoms with Crippen molar-refractivity contribution in [1.29, 1.82) is 0 Å². The molecule has 0 atom stereocenters. The van der Waals surface area contributed by atoms with Gasteiger partial charge in [0.1, 0.15) is 0 Å². The van der Waals surface area contributed by atoms with Crippen molar-refractivity contribution in [3.8, 4) is 0 Å². The van der Waals surface area contributed by atoms with Crippen LogP contribution in [-0.4, -0.2) is 23.4 Å². The summed E-state index contributed by atoms with van der Waals surface area (Å²) in [6.45, 7) is 3.47. The molecule has 7 nitrogen and oxygen atoms in total. The topological polar surface area (TPSA) is 98.5 Å². The molecule has 1 amide bonds. The van der Waals surface area contributed by atoms with Crippen LogP contribution in [-0.2, 0) is 4.74 Å². The van der Waals surface area contributed by atoms with E-state index in [0.717, 1.165) is 0 Å². The number of hydrogen-bond acceptors (Lipinski definition) is 5. The number of nitrogens with one attached hydrogen (secondary N) is 1. The molecule has 0 saturated heterocycles. The maximum absolute atomic E-state index is 12.3. The number of nitro benzene ring substituents is 1. The summed E-state index contributed by atoms with van der Waals surface area (Å²) >= 11 is 6.04. The van der Waals surface area contributed by atoms with Crippen LogP contribution < -0.4 is 5.32 Å². The lowest BCUT2D eigenvalue weighted by Gasteiger charge is -2.09. The SMILES string of the molecule is CCOC(=O)c1ccc(NC(=O)c2ccc([N+](=O)[O-])c(C)c2)cc1Cl. The molecule has 0 aromatic heterocycles. The first-order valence-corrected chi connectivity index (χ1v) is 7.74. The summed E-state index contributed by atoms with van der Waals surface area (Å²) in [5.41, 5.74) is 1.19. The maximum Gasteiger partial charge on any atom is 0.339 e. The molecule has 25 heavy (non-hydrogen) atoms. The van der Waals surface area contributed by atoms with Gasteiger partial charge in [0, 0.05) is 22.9 Å². The Labute approximate surface area is 148 Å². The molecule has 1 N–H and O–H groups in total. The second kappa shape index (κ2) is 7.76. The predicted molar refractivity (Wildman–Crippen MR) is 93.2 cm³/mol. The standard InChI is InChI=1S/C17H15ClN2O5/c1-3-25-17(22)13-6-5-12(9-14(13)18)19-16(21)11-4-7-15(20(23)24)10(2)8-11/h4-9H,3H2,1-2H3,(H,19,21). The average Bonchev–Trinajstić information content (AvgIpc) is 2.54. The van der Waals surface area contributed by atoms with Gasteiger partial charge in [-0.05, 0) is 44.2 Å². The summed E-state index contributed by atoms with van der Waals surface area (Å²) in [6.07, 6.45) is 0. The zero-order valence-corrected chi connectivity index (χ0v) is 14.3. The molecule has 2 aromatic carbocycles. The molecular formula is C17H15ClN2O5. The Morgan fingerprint density at radius 3 is 2.52 bits per heavy atom. The van der Waals surface area contributed by atoms with Gasteiger partial charge in [-0.15, -0.1) is 0 Å². The summed E-state index contributed by atoms with van der Waals surface area (Å²) in [4.78, 5) is 34.3.